The van der Waals surface area contributed by atoms with E-state index in [1.54, 1.807) is 6.08 Å². The lowest BCUT2D eigenvalue weighted by molar-refractivity contribution is -0.124. The molecule has 1 atom stereocenters. The predicted molar refractivity (Wildman–Crippen MR) is 70.9 cm³/mol. The molecule has 0 radical (unpaired) electrons. The fraction of sp³-hybridized carbons (Fsp3) is 0.667. The number of carboxylic acid groups (broad SMARTS) is 1. The third-order valence-electron chi connectivity index (χ3n) is 3.66. The van der Waals surface area contributed by atoms with Crippen LogP contribution in [0.2, 0.25) is 18.1 Å². The molecule has 0 aromatic rings. The lowest BCUT2D eigenvalue weighted by atomic mass is 10.2. The van der Waals surface area contributed by atoms with E-state index < -0.39 is 26.4 Å². The second-order valence-corrected chi connectivity index (χ2v) is 10.8. The van der Waals surface area contributed by atoms with Crippen LogP contribution in [0.3, 0.4) is 0 Å². The number of hydrogen-bond acceptors (Lipinski definition) is 3. The van der Waals surface area contributed by atoms with Gasteiger partial charge in [0.1, 0.15) is 0 Å². The van der Waals surface area contributed by atoms with Crippen LogP contribution in [0.1, 0.15) is 20.8 Å². The summed E-state index contributed by atoms with van der Waals surface area (Å²) >= 11 is 0. The summed E-state index contributed by atoms with van der Waals surface area (Å²) in [5.41, 5.74) is 0. The zero-order valence-electron chi connectivity index (χ0n) is 11.6. The maximum Gasteiger partial charge on any atom is 0.414 e. The minimum Gasteiger partial charge on any atom is -0.465 e. The van der Waals surface area contributed by atoms with E-state index in [-0.39, 0.29) is 11.6 Å². The van der Waals surface area contributed by atoms with Gasteiger partial charge < -0.3 is 9.53 Å². The summed E-state index contributed by atoms with van der Waals surface area (Å²) in [6, 6.07) is -0.496. The zero-order valence-corrected chi connectivity index (χ0v) is 12.6. The van der Waals surface area contributed by atoms with E-state index in [1.807, 2.05) is 0 Å². The Morgan fingerprint density at radius 2 is 2.06 bits per heavy atom. The molecule has 1 N–H and O–H groups in total. The molecule has 0 aromatic heterocycles. The lowest BCUT2D eigenvalue weighted by Gasteiger charge is -2.37. The molecule has 1 unspecified atom stereocenters. The van der Waals surface area contributed by atoms with Gasteiger partial charge >= 0.3 is 6.09 Å². The maximum atomic E-state index is 11.4. The van der Waals surface area contributed by atoms with Crippen LogP contribution in [-0.2, 0) is 9.22 Å². The molecule has 2 amide bonds. The minimum absolute atomic E-state index is 0.0629. The Kier molecular flexibility index (Phi) is 4.02. The Hall–Kier alpha value is -1.14. The van der Waals surface area contributed by atoms with Crippen LogP contribution >= 0.6 is 0 Å². The second kappa shape index (κ2) is 4.85. The summed E-state index contributed by atoms with van der Waals surface area (Å²) in [5.74, 6) is -0.494. The van der Waals surface area contributed by atoms with Crippen molar-refractivity contribution in [2.75, 3.05) is 6.61 Å². The summed E-state index contributed by atoms with van der Waals surface area (Å²) in [6.07, 6.45) is 1.64. The predicted octanol–water partition coefficient (Wildman–Crippen LogP) is 2.45. The standard InChI is InChI=1S/C12H21NO4Si/c1-12(2,3)18(4,5)17-8-9-6-7-10(14)13(9)11(15)16/h6-7,9H,8H2,1-5H3,(H,15,16). The van der Waals surface area contributed by atoms with Gasteiger partial charge in [0.05, 0.1) is 12.6 Å². The van der Waals surface area contributed by atoms with Gasteiger partial charge in [-0.15, -0.1) is 0 Å². The Morgan fingerprint density at radius 3 is 2.50 bits per heavy atom. The number of nitrogens with zero attached hydrogens (tertiary/aromatic N) is 1. The first-order chi connectivity index (χ1) is 8.06. The molecule has 0 spiro atoms. The number of imide groups is 1. The van der Waals surface area contributed by atoms with E-state index in [0.29, 0.717) is 0 Å². The molecule has 0 saturated carbocycles. The van der Waals surface area contributed by atoms with Gasteiger partial charge in [0, 0.05) is 6.08 Å². The monoisotopic (exact) mass is 271 g/mol. The summed E-state index contributed by atoms with van der Waals surface area (Å²) in [7, 11) is -1.92. The van der Waals surface area contributed by atoms with Crippen LogP contribution in [0.4, 0.5) is 4.79 Å². The highest BCUT2D eigenvalue weighted by Crippen LogP contribution is 2.36. The van der Waals surface area contributed by atoms with Crippen LogP contribution < -0.4 is 0 Å². The Labute approximate surface area is 109 Å². The first kappa shape index (κ1) is 14.9. The van der Waals surface area contributed by atoms with Gasteiger partial charge in [-0.3, -0.25) is 4.79 Å². The molecule has 1 rings (SSSR count). The van der Waals surface area contributed by atoms with Crippen LogP contribution in [-0.4, -0.2) is 43.0 Å². The summed E-state index contributed by atoms with van der Waals surface area (Å²) < 4.78 is 5.94. The number of carbonyl (C=O) groups excluding carboxylic acids is 1. The molecular formula is C12H21NO4Si. The van der Waals surface area contributed by atoms with E-state index in [0.717, 1.165) is 4.90 Å². The molecular weight excluding hydrogens is 250 g/mol. The summed E-state index contributed by atoms with van der Waals surface area (Å²) in [6.45, 7) is 10.8. The number of hydrogen-bond donors (Lipinski definition) is 1. The highest BCUT2D eigenvalue weighted by Gasteiger charge is 2.39. The van der Waals surface area contributed by atoms with E-state index in [9.17, 15) is 9.59 Å². The number of rotatable bonds is 3. The van der Waals surface area contributed by atoms with Crippen molar-refractivity contribution < 1.29 is 19.1 Å². The highest BCUT2D eigenvalue weighted by molar-refractivity contribution is 6.74. The average molecular weight is 271 g/mol. The van der Waals surface area contributed by atoms with E-state index in [4.69, 9.17) is 9.53 Å². The van der Waals surface area contributed by atoms with Crippen molar-refractivity contribution in [3.63, 3.8) is 0 Å². The molecule has 0 saturated heterocycles. The third kappa shape index (κ3) is 3.00. The summed E-state index contributed by atoms with van der Waals surface area (Å²) in [5, 5.41) is 9.03. The quantitative estimate of drug-likeness (QED) is 0.801. The van der Waals surface area contributed by atoms with Gasteiger partial charge in [0.15, 0.2) is 8.32 Å². The molecule has 0 aliphatic carbocycles. The molecule has 1 aliphatic rings. The van der Waals surface area contributed by atoms with Crippen molar-refractivity contribution in [3.05, 3.63) is 12.2 Å². The topological polar surface area (TPSA) is 66.8 Å². The van der Waals surface area contributed by atoms with Crippen LogP contribution in [0.25, 0.3) is 0 Å². The Balaban J connectivity index is 2.67. The number of amides is 2. The Morgan fingerprint density at radius 1 is 1.50 bits per heavy atom. The molecule has 6 heteroatoms. The molecule has 1 aliphatic heterocycles. The van der Waals surface area contributed by atoms with E-state index in [2.05, 4.69) is 33.9 Å². The third-order valence-corrected chi connectivity index (χ3v) is 8.16. The fourth-order valence-corrected chi connectivity index (χ4v) is 2.42. The van der Waals surface area contributed by atoms with Gasteiger partial charge in [0.2, 0.25) is 0 Å². The SMILES string of the molecule is CC(C)(C)[Si](C)(C)OCC1C=CC(=O)N1C(=O)O. The van der Waals surface area contributed by atoms with E-state index >= 15 is 0 Å². The van der Waals surface area contributed by atoms with Crippen LogP contribution in [0, 0.1) is 0 Å². The fourth-order valence-electron chi connectivity index (χ4n) is 1.40. The Bertz CT molecular complexity index is 384. The minimum atomic E-state index is -1.92. The average Bonchev–Trinajstić information content (AvgIpc) is 2.55. The van der Waals surface area contributed by atoms with Crippen molar-refractivity contribution in [3.8, 4) is 0 Å². The summed E-state index contributed by atoms with van der Waals surface area (Å²) in [4.78, 5) is 23.1. The molecule has 0 bridgehead atoms. The highest BCUT2D eigenvalue weighted by atomic mass is 28.4. The first-order valence-electron chi connectivity index (χ1n) is 5.94. The van der Waals surface area contributed by atoms with Crippen LogP contribution in [0.15, 0.2) is 12.2 Å². The van der Waals surface area contributed by atoms with Gasteiger partial charge in [-0.05, 0) is 18.1 Å². The second-order valence-electron chi connectivity index (χ2n) is 5.99. The van der Waals surface area contributed by atoms with Gasteiger partial charge in [0.25, 0.3) is 5.91 Å². The zero-order chi connectivity index (χ0) is 14.1. The van der Waals surface area contributed by atoms with Crippen molar-refractivity contribution in [2.45, 2.75) is 44.9 Å². The maximum absolute atomic E-state index is 11.4. The van der Waals surface area contributed by atoms with Crippen LogP contribution in [0.5, 0.6) is 0 Å². The molecule has 102 valence electrons. The molecule has 1 heterocycles. The normalized spacial score (nSPS) is 20.6. The van der Waals surface area contributed by atoms with Crippen molar-refractivity contribution in [1.82, 2.24) is 4.90 Å². The molecule has 18 heavy (non-hydrogen) atoms. The van der Waals surface area contributed by atoms with Crippen molar-refractivity contribution in [1.29, 1.82) is 0 Å². The molecule has 0 aromatic carbocycles. The van der Waals surface area contributed by atoms with Crippen molar-refractivity contribution in [2.24, 2.45) is 0 Å². The van der Waals surface area contributed by atoms with Gasteiger partial charge in [-0.1, -0.05) is 26.8 Å². The molecule has 0 fully saturated rings. The van der Waals surface area contributed by atoms with Gasteiger partial charge in [-0.2, -0.15) is 0 Å². The number of carbonyl (C=O) groups is 2. The smallest absolute Gasteiger partial charge is 0.414 e. The van der Waals surface area contributed by atoms with Gasteiger partial charge in [-0.25, -0.2) is 9.69 Å². The van der Waals surface area contributed by atoms with E-state index in [1.165, 1.54) is 6.08 Å². The first-order valence-corrected chi connectivity index (χ1v) is 8.85. The largest absolute Gasteiger partial charge is 0.465 e. The molecule has 5 nitrogen and oxygen atoms in total. The van der Waals surface area contributed by atoms with Crippen molar-refractivity contribution >= 4 is 20.3 Å². The lowest BCUT2D eigenvalue weighted by Crippen LogP contribution is -2.46.